The number of hydrogen-bond acceptors (Lipinski definition) is 7. The molecule has 0 radical (unpaired) electrons. The average Bonchev–Trinajstić information content (AvgIpc) is 3.31. The summed E-state index contributed by atoms with van der Waals surface area (Å²) in [7, 11) is 0. The zero-order valence-corrected chi connectivity index (χ0v) is 23.7. The van der Waals surface area contributed by atoms with Crippen LogP contribution >= 0.6 is 11.3 Å². The lowest BCUT2D eigenvalue weighted by Gasteiger charge is -2.34. The van der Waals surface area contributed by atoms with Gasteiger partial charge in [-0.25, -0.2) is 9.37 Å². The van der Waals surface area contributed by atoms with Crippen molar-refractivity contribution in [3.05, 3.63) is 45.5 Å². The fourth-order valence-electron chi connectivity index (χ4n) is 4.41. The van der Waals surface area contributed by atoms with Gasteiger partial charge in [-0.2, -0.15) is 0 Å². The second-order valence-corrected chi connectivity index (χ2v) is 11.7. The number of thiazole rings is 1. The molecular weight excluding hydrogens is 493 g/mol. The molecular formula is C29H42FNO5S. The van der Waals surface area contributed by atoms with Gasteiger partial charge in [-0.3, -0.25) is 9.59 Å². The summed E-state index contributed by atoms with van der Waals surface area (Å²) in [6.07, 6.45) is 7.61. The van der Waals surface area contributed by atoms with Crippen LogP contribution in [0.5, 0.6) is 0 Å². The molecule has 37 heavy (non-hydrogen) atoms. The van der Waals surface area contributed by atoms with Crippen LogP contribution in [0.25, 0.3) is 6.08 Å². The fourth-order valence-corrected chi connectivity index (χ4v) is 5.01. The van der Waals surface area contributed by atoms with Gasteiger partial charge in [0.1, 0.15) is 23.6 Å². The Kier molecular flexibility index (Phi) is 11.9. The molecule has 2 N–H and O–H groups in total. The van der Waals surface area contributed by atoms with Crippen LogP contribution in [0.3, 0.4) is 0 Å². The van der Waals surface area contributed by atoms with E-state index in [1.165, 1.54) is 11.3 Å². The van der Waals surface area contributed by atoms with Crippen molar-refractivity contribution in [1.82, 2.24) is 4.98 Å². The average molecular weight is 536 g/mol. The van der Waals surface area contributed by atoms with E-state index in [1.54, 1.807) is 32.2 Å². The van der Waals surface area contributed by atoms with Crippen molar-refractivity contribution in [2.45, 2.75) is 98.6 Å². The summed E-state index contributed by atoms with van der Waals surface area (Å²) in [5.74, 6) is -1.74. The molecule has 0 spiro atoms. The van der Waals surface area contributed by atoms with Crippen molar-refractivity contribution in [2.75, 3.05) is 0 Å². The first-order valence-electron chi connectivity index (χ1n) is 13.0. The number of nitrogens with zero attached hydrogens (tertiary/aromatic N) is 1. The molecule has 8 heteroatoms. The van der Waals surface area contributed by atoms with E-state index in [1.807, 2.05) is 32.9 Å². The van der Waals surface area contributed by atoms with Gasteiger partial charge in [0.25, 0.3) is 0 Å². The number of aliphatic hydroxyl groups is 2. The molecule has 2 heterocycles. The van der Waals surface area contributed by atoms with Crippen molar-refractivity contribution in [2.24, 2.45) is 17.3 Å². The molecule has 1 aromatic heterocycles. The molecule has 0 unspecified atom stereocenters. The highest BCUT2D eigenvalue weighted by molar-refractivity contribution is 7.09. The number of ketones is 1. The monoisotopic (exact) mass is 535 g/mol. The molecule has 0 saturated carbocycles. The minimum atomic E-state index is -1.27. The molecule has 1 aromatic rings. The van der Waals surface area contributed by atoms with E-state index in [0.717, 1.165) is 24.0 Å². The number of allylic oxidation sites excluding steroid dienone is 3. The quantitative estimate of drug-likeness (QED) is 0.365. The number of halogens is 1. The maximum Gasteiger partial charge on any atom is 0.309 e. The lowest BCUT2D eigenvalue weighted by atomic mass is 9.73. The normalized spacial score (nSPS) is 31.5. The number of rotatable bonds is 3. The molecule has 206 valence electrons. The number of cyclic esters (lactones) is 1. The van der Waals surface area contributed by atoms with E-state index in [4.69, 9.17) is 4.74 Å². The summed E-state index contributed by atoms with van der Waals surface area (Å²) < 4.78 is 18.7. The summed E-state index contributed by atoms with van der Waals surface area (Å²) >= 11 is 1.23. The summed E-state index contributed by atoms with van der Waals surface area (Å²) in [4.78, 5) is 30.4. The lowest BCUT2D eigenvalue weighted by Crippen LogP contribution is -2.45. The van der Waals surface area contributed by atoms with Crippen LogP contribution in [-0.4, -0.2) is 45.3 Å². The van der Waals surface area contributed by atoms with Gasteiger partial charge < -0.3 is 14.9 Å². The first-order chi connectivity index (χ1) is 17.4. The molecule has 0 fully saturated rings. The molecule has 0 saturated heterocycles. The van der Waals surface area contributed by atoms with Crippen molar-refractivity contribution >= 4 is 29.2 Å². The molecule has 0 aliphatic carbocycles. The molecule has 2 rings (SSSR count). The zero-order valence-electron chi connectivity index (χ0n) is 22.9. The number of carbonyl (C=O) groups excluding carboxylic acids is 2. The van der Waals surface area contributed by atoms with Crippen molar-refractivity contribution in [3.8, 4) is 0 Å². The van der Waals surface area contributed by atoms with Gasteiger partial charge >= 0.3 is 5.97 Å². The number of aromatic nitrogens is 1. The lowest BCUT2D eigenvalue weighted by molar-refractivity contribution is -0.154. The van der Waals surface area contributed by atoms with Crippen LogP contribution in [0.15, 0.2) is 34.8 Å². The van der Waals surface area contributed by atoms with Gasteiger partial charge in [-0.1, -0.05) is 51.5 Å². The number of carbonyl (C=O) groups is 2. The molecule has 1 aliphatic heterocycles. The van der Waals surface area contributed by atoms with Gasteiger partial charge in [0.2, 0.25) is 0 Å². The van der Waals surface area contributed by atoms with Gasteiger partial charge in [0.05, 0.1) is 29.7 Å². The minimum Gasteiger partial charge on any atom is -0.457 e. The maximum atomic E-state index is 13.2. The minimum absolute atomic E-state index is 0.127. The zero-order chi connectivity index (χ0) is 27.8. The van der Waals surface area contributed by atoms with E-state index in [-0.39, 0.29) is 18.1 Å². The Morgan fingerprint density at radius 1 is 1.24 bits per heavy atom. The third kappa shape index (κ3) is 8.97. The Morgan fingerprint density at radius 3 is 2.59 bits per heavy atom. The highest BCUT2D eigenvalue weighted by Gasteiger charge is 2.42. The molecule has 0 amide bonds. The van der Waals surface area contributed by atoms with E-state index >= 15 is 0 Å². The van der Waals surface area contributed by atoms with Crippen LogP contribution < -0.4 is 0 Å². The molecule has 6 nitrogen and oxygen atoms in total. The van der Waals surface area contributed by atoms with Crippen LogP contribution in [0, 0.1) is 17.3 Å². The van der Waals surface area contributed by atoms with Crippen molar-refractivity contribution < 1.29 is 28.9 Å². The van der Waals surface area contributed by atoms with E-state index in [9.17, 15) is 24.2 Å². The van der Waals surface area contributed by atoms with Crippen LogP contribution in [-0.2, 0) is 21.0 Å². The predicted octanol–water partition coefficient (Wildman–Crippen LogP) is 5.98. The summed E-state index contributed by atoms with van der Waals surface area (Å²) in [6.45, 7) is 10.00. The standard InChI is InChI=1S/C29H42FNO5S/c1-18-10-8-7-9-11-19(2)27(34)21(4)28(35)29(5,6)24(32)15-26(33)36-23(13-12-18)20(3)14-22-17-37-25(16-30)31-22/h7,9,12,14,17,19,21,23-24,27,32,34H,8,10-11,13,15-16H2,1-6H3/b9-7-,18-12-,20-14+/t19-,21+,23-,24-,27-/m0/s1. The summed E-state index contributed by atoms with van der Waals surface area (Å²) in [5.41, 5.74) is 1.25. The Hall–Kier alpha value is -2.16. The predicted molar refractivity (Wildman–Crippen MR) is 146 cm³/mol. The SMILES string of the molecule is C/C1=C/C[C@@H](/C(C)=C/c2csc(CF)n2)OC(=O)C[C@H](O)C(C)(C)C(=O)[C@H](C)[C@@H](O)[C@@H](C)C/C=C\CC1. The fraction of sp³-hybridized carbons (Fsp3) is 0.621. The molecule has 5 atom stereocenters. The third-order valence-corrected chi connectivity index (χ3v) is 8.07. The number of hydrogen-bond donors (Lipinski definition) is 2. The van der Waals surface area contributed by atoms with Crippen molar-refractivity contribution in [3.63, 3.8) is 0 Å². The summed E-state index contributed by atoms with van der Waals surface area (Å²) in [5, 5.41) is 23.8. The van der Waals surface area contributed by atoms with Gasteiger partial charge in [0, 0.05) is 17.7 Å². The number of aliphatic hydroxyl groups excluding tert-OH is 2. The Balaban J connectivity index is 2.33. The molecule has 1 aliphatic rings. The van der Waals surface area contributed by atoms with E-state index in [0.29, 0.717) is 23.5 Å². The smallest absolute Gasteiger partial charge is 0.309 e. The number of esters is 1. The van der Waals surface area contributed by atoms with Crippen LogP contribution in [0.4, 0.5) is 4.39 Å². The second kappa shape index (κ2) is 14.1. The molecule has 0 aromatic carbocycles. The highest BCUT2D eigenvalue weighted by atomic mass is 32.1. The topological polar surface area (TPSA) is 96.7 Å². The van der Waals surface area contributed by atoms with Crippen LogP contribution in [0.2, 0.25) is 0 Å². The first kappa shape index (κ1) is 31.1. The number of alkyl halides is 1. The highest BCUT2D eigenvalue weighted by Crippen LogP contribution is 2.32. The first-order valence-corrected chi connectivity index (χ1v) is 13.8. The second-order valence-electron chi connectivity index (χ2n) is 10.8. The van der Waals surface area contributed by atoms with E-state index < -0.39 is 42.3 Å². The van der Waals surface area contributed by atoms with E-state index in [2.05, 4.69) is 11.1 Å². The molecule has 0 bridgehead atoms. The number of Topliss-reactive ketones (excluding diaryl/α,β-unsaturated/α-hetero) is 1. The number of ether oxygens (including phenoxy) is 1. The van der Waals surface area contributed by atoms with Crippen LogP contribution in [0.1, 0.15) is 84.3 Å². The van der Waals surface area contributed by atoms with Gasteiger partial charge in [0.15, 0.2) is 0 Å². The summed E-state index contributed by atoms with van der Waals surface area (Å²) in [6, 6.07) is 0. The van der Waals surface area contributed by atoms with Gasteiger partial charge in [-0.05, 0) is 50.7 Å². The maximum absolute atomic E-state index is 13.2. The van der Waals surface area contributed by atoms with Crippen molar-refractivity contribution in [1.29, 1.82) is 0 Å². The van der Waals surface area contributed by atoms with Gasteiger partial charge in [-0.15, -0.1) is 11.3 Å². The Bertz CT molecular complexity index is 1010. The Morgan fingerprint density at radius 2 is 1.95 bits per heavy atom. The largest absolute Gasteiger partial charge is 0.457 e. The Labute approximate surface area is 224 Å². The third-order valence-electron chi connectivity index (χ3n) is 7.24.